The van der Waals surface area contributed by atoms with Crippen LogP contribution < -0.4 is 10.1 Å². The normalized spacial score (nSPS) is 11.3. The van der Waals surface area contributed by atoms with Gasteiger partial charge < -0.3 is 10.1 Å². The zero-order valence-corrected chi connectivity index (χ0v) is 15.0. The molecule has 1 aromatic heterocycles. The van der Waals surface area contributed by atoms with E-state index >= 15 is 0 Å². The standard InChI is InChI=1S/C18H24N2O2S/c1-13-12-19-17(23-13)20-16(21)6-5-11-22-15-9-7-14(8-10-15)18(2,3)4/h7-10,12H,5-6,11H2,1-4H3,(H,19,20,21). The molecule has 2 aromatic rings. The van der Waals surface area contributed by atoms with Crippen LogP contribution in [-0.2, 0) is 10.2 Å². The molecule has 0 fully saturated rings. The van der Waals surface area contributed by atoms with E-state index < -0.39 is 0 Å². The summed E-state index contributed by atoms with van der Waals surface area (Å²) >= 11 is 1.48. The topological polar surface area (TPSA) is 51.2 Å². The second-order valence-corrected chi connectivity index (χ2v) is 7.79. The Morgan fingerprint density at radius 3 is 2.52 bits per heavy atom. The van der Waals surface area contributed by atoms with E-state index in [0.717, 1.165) is 10.6 Å². The minimum absolute atomic E-state index is 0.0222. The van der Waals surface area contributed by atoms with Crippen molar-refractivity contribution in [2.24, 2.45) is 0 Å². The number of rotatable bonds is 6. The number of thiazole rings is 1. The first kappa shape index (κ1) is 17.5. The summed E-state index contributed by atoms with van der Waals surface area (Å²) in [5, 5.41) is 3.46. The van der Waals surface area contributed by atoms with E-state index in [2.05, 4.69) is 43.2 Å². The first-order valence-corrected chi connectivity index (χ1v) is 8.62. The highest BCUT2D eigenvalue weighted by atomic mass is 32.1. The van der Waals surface area contributed by atoms with Crippen molar-refractivity contribution in [2.75, 3.05) is 11.9 Å². The highest BCUT2D eigenvalue weighted by Crippen LogP contribution is 2.24. The van der Waals surface area contributed by atoms with Crippen molar-refractivity contribution < 1.29 is 9.53 Å². The number of ether oxygens (including phenoxy) is 1. The molecule has 0 saturated heterocycles. The Kier molecular flexibility index (Phi) is 5.77. The Labute approximate surface area is 141 Å². The SMILES string of the molecule is Cc1cnc(NC(=O)CCCOc2ccc(C(C)(C)C)cc2)s1. The highest BCUT2D eigenvalue weighted by molar-refractivity contribution is 7.15. The van der Waals surface area contributed by atoms with Gasteiger partial charge in [0.05, 0.1) is 6.61 Å². The maximum atomic E-state index is 11.8. The molecule has 0 aliphatic heterocycles. The van der Waals surface area contributed by atoms with Crippen LogP contribution in [0.1, 0.15) is 44.1 Å². The van der Waals surface area contributed by atoms with Gasteiger partial charge in [-0.05, 0) is 36.5 Å². The molecular weight excluding hydrogens is 308 g/mol. The van der Waals surface area contributed by atoms with Gasteiger partial charge in [-0.1, -0.05) is 32.9 Å². The van der Waals surface area contributed by atoms with Crippen LogP contribution in [0.25, 0.3) is 0 Å². The van der Waals surface area contributed by atoms with Gasteiger partial charge in [-0.2, -0.15) is 0 Å². The molecule has 0 bridgehead atoms. The van der Waals surface area contributed by atoms with E-state index in [9.17, 15) is 4.79 Å². The Hall–Kier alpha value is -1.88. The number of nitrogens with one attached hydrogen (secondary N) is 1. The van der Waals surface area contributed by atoms with Crippen molar-refractivity contribution in [3.8, 4) is 5.75 Å². The van der Waals surface area contributed by atoms with Crippen molar-refractivity contribution in [1.29, 1.82) is 0 Å². The van der Waals surface area contributed by atoms with E-state index in [1.54, 1.807) is 6.20 Å². The van der Waals surface area contributed by atoms with Gasteiger partial charge in [-0.15, -0.1) is 11.3 Å². The van der Waals surface area contributed by atoms with Gasteiger partial charge in [0.1, 0.15) is 5.75 Å². The van der Waals surface area contributed by atoms with Crippen LogP contribution in [0.5, 0.6) is 5.75 Å². The quantitative estimate of drug-likeness (QED) is 0.790. The van der Waals surface area contributed by atoms with Gasteiger partial charge >= 0.3 is 0 Å². The Morgan fingerprint density at radius 2 is 1.96 bits per heavy atom. The average Bonchev–Trinajstić information content (AvgIpc) is 2.88. The number of carbonyl (C=O) groups excluding carboxylic acids is 1. The smallest absolute Gasteiger partial charge is 0.226 e. The number of aryl methyl sites for hydroxylation is 1. The third-order valence-electron chi connectivity index (χ3n) is 3.40. The first-order valence-electron chi connectivity index (χ1n) is 7.80. The number of carbonyl (C=O) groups is 1. The second-order valence-electron chi connectivity index (χ2n) is 6.55. The number of aromatic nitrogens is 1. The summed E-state index contributed by atoms with van der Waals surface area (Å²) in [6.45, 7) is 9.05. The second kappa shape index (κ2) is 7.59. The molecule has 1 aromatic carbocycles. The van der Waals surface area contributed by atoms with E-state index in [-0.39, 0.29) is 11.3 Å². The lowest BCUT2D eigenvalue weighted by Gasteiger charge is -2.19. The molecule has 5 heteroatoms. The van der Waals surface area contributed by atoms with Crippen molar-refractivity contribution in [3.63, 3.8) is 0 Å². The molecule has 0 atom stereocenters. The molecular formula is C18H24N2O2S. The summed E-state index contributed by atoms with van der Waals surface area (Å²) < 4.78 is 5.69. The third-order valence-corrected chi connectivity index (χ3v) is 4.23. The fourth-order valence-corrected chi connectivity index (χ4v) is 2.75. The fourth-order valence-electron chi connectivity index (χ4n) is 2.07. The summed E-state index contributed by atoms with van der Waals surface area (Å²) in [5.74, 6) is 0.819. The molecule has 0 saturated carbocycles. The predicted octanol–water partition coefficient (Wildman–Crippen LogP) is 4.55. The number of anilines is 1. The van der Waals surface area contributed by atoms with Gasteiger partial charge in [-0.3, -0.25) is 4.79 Å². The number of amides is 1. The van der Waals surface area contributed by atoms with Crippen LogP contribution in [0, 0.1) is 6.92 Å². The van der Waals surface area contributed by atoms with Crippen molar-refractivity contribution in [1.82, 2.24) is 4.98 Å². The molecule has 0 spiro atoms. The molecule has 1 N–H and O–H groups in total. The maximum absolute atomic E-state index is 11.8. The monoisotopic (exact) mass is 332 g/mol. The largest absolute Gasteiger partial charge is 0.494 e. The lowest BCUT2D eigenvalue weighted by atomic mass is 9.87. The van der Waals surface area contributed by atoms with Crippen LogP contribution in [0.3, 0.4) is 0 Å². The Morgan fingerprint density at radius 1 is 1.26 bits per heavy atom. The number of nitrogens with zero attached hydrogens (tertiary/aromatic N) is 1. The molecule has 124 valence electrons. The van der Waals surface area contributed by atoms with Gasteiger partial charge in [0.25, 0.3) is 0 Å². The summed E-state index contributed by atoms with van der Waals surface area (Å²) in [6.07, 6.45) is 2.86. The predicted molar refractivity (Wildman–Crippen MR) is 95.4 cm³/mol. The number of hydrogen-bond donors (Lipinski definition) is 1. The number of hydrogen-bond acceptors (Lipinski definition) is 4. The summed E-state index contributed by atoms with van der Waals surface area (Å²) in [4.78, 5) is 17.0. The molecule has 0 radical (unpaired) electrons. The average molecular weight is 332 g/mol. The Bertz CT molecular complexity index is 642. The summed E-state index contributed by atoms with van der Waals surface area (Å²) in [5.41, 5.74) is 1.42. The van der Waals surface area contributed by atoms with Crippen LogP contribution in [-0.4, -0.2) is 17.5 Å². The molecule has 2 rings (SSSR count). The van der Waals surface area contributed by atoms with Gasteiger partial charge in [0.15, 0.2) is 5.13 Å². The zero-order chi connectivity index (χ0) is 16.9. The summed E-state index contributed by atoms with van der Waals surface area (Å²) in [7, 11) is 0. The molecule has 1 heterocycles. The fraction of sp³-hybridized carbons (Fsp3) is 0.444. The molecule has 0 unspecified atom stereocenters. The van der Waals surface area contributed by atoms with Crippen molar-refractivity contribution in [3.05, 3.63) is 40.9 Å². The van der Waals surface area contributed by atoms with Crippen LogP contribution >= 0.6 is 11.3 Å². The van der Waals surface area contributed by atoms with Crippen molar-refractivity contribution >= 4 is 22.4 Å². The maximum Gasteiger partial charge on any atom is 0.226 e. The Balaban J connectivity index is 1.70. The lowest BCUT2D eigenvalue weighted by Crippen LogP contribution is -2.12. The van der Waals surface area contributed by atoms with E-state index in [0.29, 0.717) is 24.6 Å². The van der Waals surface area contributed by atoms with E-state index in [1.165, 1.54) is 16.9 Å². The van der Waals surface area contributed by atoms with Gasteiger partial charge in [-0.25, -0.2) is 4.98 Å². The molecule has 0 aliphatic rings. The minimum Gasteiger partial charge on any atom is -0.494 e. The zero-order valence-electron chi connectivity index (χ0n) is 14.2. The van der Waals surface area contributed by atoms with Crippen LogP contribution in [0.4, 0.5) is 5.13 Å². The third kappa shape index (κ3) is 5.67. The first-order chi connectivity index (χ1) is 10.8. The molecule has 0 aliphatic carbocycles. The van der Waals surface area contributed by atoms with Crippen LogP contribution in [0.2, 0.25) is 0 Å². The van der Waals surface area contributed by atoms with Crippen LogP contribution in [0.15, 0.2) is 30.5 Å². The van der Waals surface area contributed by atoms with Gasteiger partial charge in [0, 0.05) is 17.5 Å². The lowest BCUT2D eigenvalue weighted by molar-refractivity contribution is -0.116. The molecule has 23 heavy (non-hydrogen) atoms. The minimum atomic E-state index is -0.0222. The molecule has 1 amide bonds. The molecule has 4 nitrogen and oxygen atoms in total. The van der Waals surface area contributed by atoms with Gasteiger partial charge in [0.2, 0.25) is 5.91 Å². The summed E-state index contributed by atoms with van der Waals surface area (Å²) in [6, 6.07) is 8.15. The van der Waals surface area contributed by atoms with Crippen molar-refractivity contribution in [2.45, 2.75) is 46.0 Å². The highest BCUT2D eigenvalue weighted by Gasteiger charge is 2.13. The van der Waals surface area contributed by atoms with E-state index in [1.807, 2.05) is 19.1 Å². The van der Waals surface area contributed by atoms with E-state index in [4.69, 9.17) is 4.74 Å². The number of benzene rings is 1.